The number of hydrogen-bond acceptors (Lipinski definition) is 6. The molecule has 4 aromatic heterocycles. The quantitative estimate of drug-likeness (QED) is 0.165. The van der Waals surface area contributed by atoms with E-state index in [1.165, 1.54) is 74.6 Å². The Morgan fingerprint density at radius 3 is 1.29 bits per heavy atom. The molecular formula is C59H47BN2O2S2. The second-order valence-electron chi connectivity index (χ2n) is 20.3. The summed E-state index contributed by atoms with van der Waals surface area (Å²) >= 11 is 3.84. The molecule has 0 saturated carbocycles. The van der Waals surface area contributed by atoms with E-state index in [9.17, 15) is 0 Å². The number of furan rings is 2. The van der Waals surface area contributed by atoms with Crippen LogP contribution in [0.4, 0.5) is 32.8 Å². The Bertz CT molecular complexity index is 3450. The van der Waals surface area contributed by atoms with Crippen molar-refractivity contribution in [2.75, 3.05) is 9.80 Å². The van der Waals surface area contributed by atoms with Gasteiger partial charge in [0.1, 0.15) is 22.7 Å². The first-order valence-corrected chi connectivity index (χ1v) is 24.6. The molecule has 6 heterocycles. The molecule has 320 valence electrons. The van der Waals surface area contributed by atoms with E-state index in [4.69, 9.17) is 8.83 Å². The van der Waals surface area contributed by atoms with E-state index in [1.807, 2.05) is 46.9 Å². The minimum atomic E-state index is -0.0101. The van der Waals surface area contributed by atoms with Crippen molar-refractivity contribution in [3.63, 3.8) is 0 Å². The zero-order chi connectivity index (χ0) is 44.8. The van der Waals surface area contributed by atoms with Gasteiger partial charge in [-0.15, -0.1) is 22.7 Å². The Hall–Kier alpha value is -6.80. The zero-order valence-corrected chi connectivity index (χ0v) is 39.7. The summed E-state index contributed by atoms with van der Waals surface area (Å²) in [5, 5.41) is 7.46. The van der Waals surface area contributed by atoms with Gasteiger partial charge in [0.25, 0.3) is 6.71 Å². The Labute approximate surface area is 393 Å². The summed E-state index contributed by atoms with van der Waals surface area (Å²) < 4.78 is 15.4. The van der Waals surface area contributed by atoms with Crippen molar-refractivity contribution in [2.45, 2.75) is 59.3 Å². The first-order chi connectivity index (χ1) is 31.9. The number of hydrogen-bond donors (Lipinski definition) is 0. The highest BCUT2D eigenvalue weighted by Crippen LogP contribution is 2.51. The van der Waals surface area contributed by atoms with Crippen LogP contribution in [0.25, 0.3) is 64.8 Å². The van der Waals surface area contributed by atoms with E-state index in [-0.39, 0.29) is 17.5 Å². The average molecular weight is 891 g/mol. The molecule has 7 aromatic carbocycles. The summed E-state index contributed by atoms with van der Waals surface area (Å²) in [7, 11) is 0. The van der Waals surface area contributed by atoms with Gasteiger partial charge < -0.3 is 18.6 Å². The molecule has 0 unspecified atom stereocenters. The molecule has 0 spiro atoms. The maximum absolute atomic E-state index is 6.37. The predicted molar refractivity (Wildman–Crippen MR) is 284 cm³/mol. The van der Waals surface area contributed by atoms with Gasteiger partial charge in [-0.2, -0.15) is 0 Å². The number of aryl methyl sites for hydroxylation is 1. The number of thiophene rings is 2. The summed E-state index contributed by atoms with van der Waals surface area (Å²) in [6.45, 7) is 16.2. The van der Waals surface area contributed by atoms with Crippen molar-refractivity contribution < 1.29 is 8.83 Å². The normalized spacial score (nSPS) is 13.6. The van der Waals surface area contributed by atoms with E-state index in [0.717, 1.165) is 56.0 Å². The smallest absolute Gasteiger partial charge is 0.256 e. The number of rotatable bonds is 4. The average Bonchev–Trinajstić information content (AvgIpc) is 4.11. The van der Waals surface area contributed by atoms with Gasteiger partial charge in [-0.05, 0) is 159 Å². The second-order valence-corrected chi connectivity index (χ2v) is 22.3. The summed E-state index contributed by atoms with van der Waals surface area (Å²) in [6.07, 6.45) is 0. The number of benzene rings is 7. The highest BCUT2D eigenvalue weighted by Gasteiger charge is 2.47. The van der Waals surface area contributed by atoms with E-state index in [1.54, 1.807) is 0 Å². The largest absolute Gasteiger partial charge is 0.456 e. The number of nitrogens with zero attached hydrogens (tertiary/aromatic N) is 2. The molecule has 4 nitrogen and oxygen atoms in total. The fourth-order valence-electron chi connectivity index (χ4n) is 10.4. The van der Waals surface area contributed by atoms with Crippen molar-refractivity contribution in [1.82, 2.24) is 0 Å². The molecule has 7 heteroatoms. The van der Waals surface area contributed by atoms with Crippen LogP contribution < -0.4 is 26.2 Å². The van der Waals surface area contributed by atoms with E-state index >= 15 is 0 Å². The Kier molecular flexibility index (Phi) is 8.45. The van der Waals surface area contributed by atoms with Crippen molar-refractivity contribution in [2.24, 2.45) is 0 Å². The fraction of sp³-hybridized carbons (Fsp3) is 0.153. The van der Waals surface area contributed by atoms with Gasteiger partial charge in [0, 0.05) is 54.0 Å². The molecule has 0 N–H and O–H groups in total. The third-order valence-corrected chi connectivity index (χ3v) is 16.2. The highest BCUT2D eigenvalue weighted by molar-refractivity contribution is 7.29. The first kappa shape index (κ1) is 39.6. The molecule has 0 aliphatic carbocycles. The van der Waals surface area contributed by atoms with Crippen LogP contribution in [-0.4, -0.2) is 6.71 Å². The van der Waals surface area contributed by atoms with Gasteiger partial charge in [0.15, 0.2) is 0 Å². The number of anilines is 6. The zero-order valence-electron chi connectivity index (χ0n) is 38.1. The second kappa shape index (κ2) is 14.1. The lowest BCUT2D eigenvalue weighted by Crippen LogP contribution is -2.60. The monoisotopic (exact) mass is 890 g/mol. The minimum Gasteiger partial charge on any atom is -0.456 e. The molecule has 0 saturated heterocycles. The standard InChI is InChI=1S/C59H47BN2O2S2/c1-34-28-45-55-46(29-34)62(42-24-18-36(19-25-42)50-31-38-13-9-11-15-48(38)64-50)57-54(44-33-40(59(5,6)7)21-27-52(44)66-57)60(55)53-43-32-39(58(2,3)4)20-26-51(43)65-56(53)61(45)41-22-16-35(17-23-41)49-30-37-12-8-10-14-47(37)63-49/h8-33H,1-7H3. The van der Waals surface area contributed by atoms with Gasteiger partial charge in [-0.3, -0.25) is 0 Å². The van der Waals surface area contributed by atoms with Crippen molar-refractivity contribution in [3.8, 4) is 22.6 Å². The van der Waals surface area contributed by atoms with Gasteiger partial charge >= 0.3 is 0 Å². The summed E-state index contributed by atoms with van der Waals surface area (Å²) in [6, 6.07) is 58.1. The molecule has 0 amide bonds. The highest BCUT2D eigenvalue weighted by atomic mass is 32.1. The van der Waals surface area contributed by atoms with E-state index in [0.29, 0.717) is 0 Å². The maximum atomic E-state index is 6.37. The van der Waals surface area contributed by atoms with Crippen LogP contribution in [0.5, 0.6) is 0 Å². The third kappa shape index (κ3) is 6.02. The van der Waals surface area contributed by atoms with Gasteiger partial charge in [0.2, 0.25) is 0 Å². The summed E-state index contributed by atoms with van der Waals surface area (Å²) in [5.74, 6) is 1.75. The third-order valence-electron chi connectivity index (χ3n) is 13.9. The van der Waals surface area contributed by atoms with Crippen LogP contribution in [0, 0.1) is 6.92 Å². The molecule has 11 aromatic rings. The molecule has 13 rings (SSSR count). The lowest BCUT2D eigenvalue weighted by molar-refractivity contribution is 0.591. The summed E-state index contributed by atoms with van der Waals surface area (Å²) in [4.78, 5) is 5.12. The molecule has 2 aliphatic heterocycles. The van der Waals surface area contributed by atoms with Gasteiger partial charge in [-0.25, -0.2) is 0 Å². The molecule has 0 fully saturated rings. The van der Waals surface area contributed by atoms with Crippen LogP contribution >= 0.6 is 22.7 Å². The molecular weight excluding hydrogens is 844 g/mol. The van der Waals surface area contributed by atoms with Crippen LogP contribution in [0.1, 0.15) is 58.2 Å². The van der Waals surface area contributed by atoms with E-state index < -0.39 is 0 Å². The van der Waals surface area contributed by atoms with Gasteiger partial charge in [0.05, 0.1) is 10.0 Å². The fourth-order valence-corrected chi connectivity index (χ4v) is 12.9. The summed E-state index contributed by atoms with van der Waals surface area (Å²) in [5.41, 5.74) is 16.6. The van der Waals surface area contributed by atoms with Crippen LogP contribution in [-0.2, 0) is 10.8 Å². The van der Waals surface area contributed by atoms with E-state index in [2.05, 4.69) is 192 Å². The molecule has 2 aliphatic rings. The minimum absolute atomic E-state index is 0.00526. The predicted octanol–water partition coefficient (Wildman–Crippen LogP) is 15.9. The van der Waals surface area contributed by atoms with Crippen molar-refractivity contribution >= 4 is 121 Å². The molecule has 0 radical (unpaired) electrons. The lowest BCUT2D eigenvalue weighted by Gasteiger charge is -2.42. The Balaban J connectivity index is 1.07. The Morgan fingerprint density at radius 1 is 0.455 bits per heavy atom. The Morgan fingerprint density at radius 2 is 0.879 bits per heavy atom. The molecule has 66 heavy (non-hydrogen) atoms. The first-order valence-electron chi connectivity index (χ1n) is 22.9. The van der Waals surface area contributed by atoms with Crippen LogP contribution in [0.15, 0.2) is 167 Å². The SMILES string of the molecule is Cc1cc2c3c(c1)N(c1ccc(-c4cc5ccccc5o4)cc1)c1sc4ccc(C(C)(C)C)cc4c1B3c1c(sc3ccc(C(C)(C)C)cc13)N2c1ccc(-c2cc3ccccc3o2)cc1. The van der Waals surface area contributed by atoms with Crippen molar-refractivity contribution in [3.05, 3.63) is 174 Å². The van der Waals surface area contributed by atoms with Crippen LogP contribution in [0.3, 0.4) is 0 Å². The number of para-hydroxylation sites is 2. The van der Waals surface area contributed by atoms with Crippen LogP contribution in [0.2, 0.25) is 0 Å². The molecule has 0 bridgehead atoms. The maximum Gasteiger partial charge on any atom is 0.256 e. The lowest BCUT2D eigenvalue weighted by atomic mass is 9.33. The topological polar surface area (TPSA) is 32.8 Å². The number of fused-ring (bicyclic) bond motifs is 10. The van der Waals surface area contributed by atoms with Gasteiger partial charge in [-0.1, -0.05) is 102 Å². The van der Waals surface area contributed by atoms with Crippen molar-refractivity contribution in [1.29, 1.82) is 0 Å². The molecule has 0 atom stereocenters.